The monoisotopic (exact) mass is 438 g/mol. The van der Waals surface area contributed by atoms with Crippen LogP contribution >= 0.6 is 35.1 Å². The average molecular weight is 439 g/mol. The number of nitrogens with zero attached hydrogens (tertiary/aromatic N) is 3. The predicted octanol–water partition coefficient (Wildman–Crippen LogP) is 4.94. The molecule has 3 aromatic rings. The maximum Gasteiger partial charge on any atom is 0.220 e. The number of hydrogen-bond donors (Lipinski definition) is 1. The number of nitrogens with one attached hydrogen (secondary N) is 1. The number of thiophene rings is 1. The summed E-state index contributed by atoms with van der Waals surface area (Å²) in [6.45, 7) is 8.90. The molecular formula is C20H27ClN4OS2. The minimum atomic E-state index is -0.0711. The van der Waals surface area contributed by atoms with Gasteiger partial charge in [0.1, 0.15) is 5.01 Å². The SMILES string of the molecule is Cc1cc(C)n(CCCC(=O)NC(Cc2ccsc2)c2nc(C)c(C)s2)n1.Cl. The molecule has 0 aliphatic rings. The van der Waals surface area contributed by atoms with Gasteiger partial charge in [-0.3, -0.25) is 9.48 Å². The van der Waals surface area contributed by atoms with Gasteiger partial charge in [0.25, 0.3) is 0 Å². The molecule has 3 rings (SSSR count). The lowest BCUT2D eigenvalue weighted by Gasteiger charge is -2.16. The van der Waals surface area contributed by atoms with E-state index in [1.807, 2.05) is 25.5 Å². The summed E-state index contributed by atoms with van der Waals surface area (Å²) >= 11 is 3.35. The topological polar surface area (TPSA) is 59.8 Å². The van der Waals surface area contributed by atoms with Crippen LogP contribution in [-0.4, -0.2) is 20.7 Å². The number of halogens is 1. The highest BCUT2D eigenvalue weighted by Crippen LogP contribution is 2.26. The second kappa shape index (κ2) is 10.2. The molecule has 3 aromatic heterocycles. The Morgan fingerprint density at radius 3 is 2.64 bits per heavy atom. The Hall–Kier alpha value is -1.70. The molecule has 8 heteroatoms. The van der Waals surface area contributed by atoms with Crippen LogP contribution in [0.25, 0.3) is 0 Å². The van der Waals surface area contributed by atoms with E-state index in [1.54, 1.807) is 22.7 Å². The third-order valence-corrected chi connectivity index (χ3v) is 6.49. The first kappa shape index (κ1) is 22.6. The second-order valence-electron chi connectivity index (χ2n) is 6.90. The maximum absolute atomic E-state index is 12.6. The van der Waals surface area contributed by atoms with Crippen LogP contribution in [0.3, 0.4) is 0 Å². The highest BCUT2D eigenvalue weighted by molar-refractivity contribution is 7.11. The van der Waals surface area contributed by atoms with E-state index < -0.39 is 0 Å². The van der Waals surface area contributed by atoms with Gasteiger partial charge in [-0.05, 0) is 62.6 Å². The van der Waals surface area contributed by atoms with Gasteiger partial charge in [-0.1, -0.05) is 0 Å². The summed E-state index contributed by atoms with van der Waals surface area (Å²) in [6, 6.07) is 4.10. The van der Waals surface area contributed by atoms with E-state index in [9.17, 15) is 4.79 Å². The van der Waals surface area contributed by atoms with Crippen molar-refractivity contribution in [2.75, 3.05) is 0 Å². The van der Waals surface area contributed by atoms with Crippen molar-refractivity contribution in [1.29, 1.82) is 0 Å². The molecule has 5 nitrogen and oxygen atoms in total. The molecule has 3 heterocycles. The molecule has 152 valence electrons. The van der Waals surface area contributed by atoms with Gasteiger partial charge in [0.2, 0.25) is 5.91 Å². The van der Waals surface area contributed by atoms with E-state index >= 15 is 0 Å². The minimum absolute atomic E-state index is 0. The fraction of sp³-hybridized carbons (Fsp3) is 0.450. The van der Waals surface area contributed by atoms with E-state index in [0.29, 0.717) is 6.42 Å². The van der Waals surface area contributed by atoms with Crippen LogP contribution < -0.4 is 5.32 Å². The molecule has 1 atom stereocenters. The lowest BCUT2D eigenvalue weighted by Crippen LogP contribution is -2.30. The van der Waals surface area contributed by atoms with Crippen LogP contribution in [0.1, 0.15) is 51.4 Å². The zero-order valence-electron chi connectivity index (χ0n) is 16.7. The summed E-state index contributed by atoms with van der Waals surface area (Å²) in [4.78, 5) is 18.5. The highest BCUT2D eigenvalue weighted by atomic mass is 35.5. The fourth-order valence-electron chi connectivity index (χ4n) is 3.05. The molecule has 0 radical (unpaired) electrons. The Balaban J connectivity index is 0.00000280. The summed E-state index contributed by atoms with van der Waals surface area (Å²) < 4.78 is 1.97. The van der Waals surface area contributed by atoms with Crippen LogP contribution in [0.5, 0.6) is 0 Å². The Morgan fingerprint density at radius 1 is 1.29 bits per heavy atom. The van der Waals surface area contributed by atoms with Gasteiger partial charge < -0.3 is 5.32 Å². The molecule has 28 heavy (non-hydrogen) atoms. The van der Waals surface area contributed by atoms with Crippen molar-refractivity contribution in [1.82, 2.24) is 20.1 Å². The summed E-state index contributed by atoms with van der Waals surface area (Å²) in [5.74, 6) is 0.0715. The molecule has 0 aromatic carbocycles. The fourth-order valence-corrected chi connectivity index (χ4v) is 4.70. The van der Waals surface area contributed by atoms with Crippen molar-refractivity contribution in [3.05, 3.63) is 55.4 Å². The van der Waals surface area contributed by atoms with Gasteiger partial charge in [0.15, 0.2) is 0 Å². The number of aryl methyl sites for hydroxylation is 5. The number of carbonyl (C=O) groups excluding carboxylic acids is 1. The quantitative estimate of drug-likeness (QED) is 0.542. The van der Waals surface area contributed by atoms with E-state index in [-0.39, 0.29) is 24.4 Å². The number of carbonyl (C=O) groups is 1. The largest absolute Gasteiger partial charge is 0.347 e. The molecule has 0 bridgehead atoms. The van der Waals surface area contributed by atoms with Gasteiger partial charge in [-0.15, -0.1) is 23.7 Å². The average Bonchev–Trinajstić information content (AvgIpc) is 3.30. The lowest BCUT2D eigenvalue weighted by atomic mass is 10.1. The molecule has 0 aliphatic heterocycles. The zero-order chi connectivity index (χ0) is 19.4. The molecule has 0 saturated heterocycles. The molecule has 0 fully saturated rings. The van der Waals surface area contributed by atoms with E-state index in [0.717, 1.165) is 41.5 Å². The first-order valence-electron chi connectivity index (χ1n) is 9.18. The van der Waals surface area contributed by atoms with Crippen molar-refractivity contribution in [2.24, 2.45) is 0 Å². The first-order valence-corrected chi connectivity index (χ1v) is 10.9. The third-order valence-electron chi connectivity index (χ3n) is 4.58. The van der Waals surface area contributed by atoms with Gasteiger partial charge in [0.05, 0.1) is 17.4 Å². The number of thiazole rings is 1. The molecule has 0 spiro atoms. The molecule has 0 aliphatic carbocycles. The smallest absolute Gasteiger partial charge is 0.220 e. The number of amides is 1. The van der Waals surface area contributed by atoms with Crippen LogP contribution in [0, 0.1) is 27.7 Å². The predicted molar refractivity (Wildman–Crippen MR) is 119 cm³/mol. The number of hydrogen-bond acceptors (Lipinski definition) is 5. The first-order chi connectivity index (χ1) is 12.9. The van der Waals surface area contributed by atoms with Crippen molar-refractivity contribution in [2.45, 2.75) is 59.5 Å². The zero-order valence-corrected chi connectivity index (χ0v) is 19.1. The van der Waals surface area contributed by atoms with Crippen molar-refractivity contribution in [3.63, 3.8) is 0 Å². The van der Waals surface area contributed by atoms with E-state index in [2.05, 4.69) is 45.2 Å². The van der Waals surface area contributed by atoms with E-state index in [4.69, 9.17) is 0 Å². The Bertz CT molecular complexity index is 882. The Morgan fingerprint density at radius 2 is 2.07 bits per heavy atom. The van der Waals surface area contributed by atoms with Crippen LogP contribution in [0.4, 0.5) is 0 Å². The van der Waals surface area contributed by atoms with Gasteiger partial charge in [0, 0.05) is 30.0 Å². The third kappa shape index (κ3) is 5.90. The summed E-state index contributed by atoms with van der Waals surface area (Å²) in [5, 5.41) is 12.9. The standard InChI is InChI=1S/C20H26N4OS2.ClH/c1-13-10-14(2)24(23-13)8-5-6-19(25)22-18(11-17-7-9-26-12-17)20-21-15(3)16(4)27-20;/h7,9-10,12,18H,5-6,8,11H2,1-4H3,(H,22,25);1H. The molecular weight excluding hydrogens is 412 g/mol. The number of aromatic nitrogens is 3. The Kier molecular flexibility index (Phi) is 8.22. The Labute approximate surface area is 180 Å². The van der Waals surface area contributed by atoms with Gasteiger partial charge >= 0.3 is 0 Å². The van der Waals surface area contributed by atoms with Crippen LogP contribution in [-0.2, 0) is 17.8 Å². The normalized spacial score (nSPS) is 11.9. The second-order valence-corrected chi connectivity index (χ2v) is 8.92. The van der Waals surface area contributed by atoms with Crippen LogP contribution in [0.2, 0.25) is 0 Å². The maximum atomic E-state index is 12.6. The van der Waals surface area contributed by atoms with Crippen molar-refractivity contribution in [3.8, 4) is 0 Å². The molecule has 0 saturated carbocycles. The molecule has 1 unspecified atom stereocenters. The lowest BCUT2D eigenvalue weighted by molar-refractivity contribution is -0.122. The highest BCUT2D eigenvalue weighted by Gasteiger charge is 2.20. The minimum Gasteiger partial charge on any atom is -0.347 e. The number of rotatable bonds is 8. The van der Waals surface area contributed by atoms with Gasteiger partial charge in [-0.25, -0.2) is 4.98 Å². The summed E-state index contributed by atoms with van der Waals surface area (Å²) in [5.41, 5.74) is 4.43. The van der Waals surface area contributed by atoms with Gasteiger partial charge in [-0.2, -0.15) is 16.4 Å². The van der Waals surface area contributed by atoms with E-state index in [1.165, 1.54) is 10.4 Å². The molecule has 1 N–H and O–H groups in total. The van der Waals surface area contributed by atoms with Crippen molar-refractivity contribution < 1.29 is 4.79 Å². The van der Waals surface area contributed by atoms with Crippen LogP contribution in [0.15, 0.2) is 22.9 Å². The summed E-state index contributed by atoms with van der Waals surface area (Å²) in [6.07, 6.45) is 2.04. The molecule has 1 amide bonds. The summed E-state index contributed by atoms with van der Waals surface area (Å²) in [7, 11) is 0. The van der Waals surface area contributed by atoms with Crippen molar-refractivity contribution >= 4 is 41.0 Å².